The van der Waals surface area contributed by atoms with E-state index in [0.29, 0.717) is 22.6 Å². The van der Waals surface area contributed by atoms with Gasteiger partial charge in [-0.05, 0) is 32.7 Å². The fourth-order valence-electron chi connectivity index (χ4n) is 4.60. The van der Waals surface area contributed by atoms with Gasteiger partial charge < -0.3 is 19.9 Å². The van der Waals surface area contributed by atoms with E-state index in [4.69, 9.17) is 19.9 Å². The molecule has 11 nitrogen and oxygen atoms in total. The predicted octanol–water partition coefficient (Wildman–Crippen LogP) is 1.26. The average Bonchev–Trinajstić information content (AvgIpc) is 3.51. The Bertz CT molecular complexity index is 1150. The first-order chi connectivity index (χ1) is 15.8. The van der Waals surface area contributed by atoms with Gasteiger partial charge in [0.15, 0.2) is 17.8 Å². The van der Waals surface area contributed by atoms with Crippen LogP contribution >= 0.6 is 0 Å². The van der Waals surface area contributed by atoms with Crippen LogP contribution in [0.25, 0.3) is 0 Å². The average molecular weight is 452 g/mol. The summed E-state index contributed by atoms with van der Waals surface area (Å²) < 4.78 is 20.2. The lowest BCUT2D eigenvalue weighted by Crippen LogP contribution is -2.42. The Morgan fingerprint density at radius 1 is 1.18 bits per heavy atom. The summed E-state index contributed by atoms with van der Waals surface area (Å²) in [7, 11) is 1.55. The summed E-state index contributed by atoms with van der Waals surface area (Å²) in [5, 5.41) is 0. The van der Waals surface area contributed by atoms with Gasteiger partial charge in [0, 0.05) is 7.05 Å². The van der Waals surface area contributed by atoms with Crippen molar-refractivity contribution in [2.45, 2.75) is 44.2 Å². The standard InChI is InChI=1S/C22H24N6O5/c1-22(2)32-15-13(9-27-19(29)11-7-5-6-8-12(11)20(27)30)31-21(16(15)33-22)28-10-26-14(17(23)24-3)18(28)25-4/h5-8,10,13,15-16,21H,4,9H2,1-3H3,(H2,23,24)/t13?,15-,16-,21?/m1/s1. The van der Waals surface area contributed by atoms with Crippen molar-refractivity contribution in [1.29, 1.82) is 0 Å². The van der Waals surface area contributed by atoms with Gasteiger partial charge in [-0.15, -0.1) is 0 Å². The highest BCUT2D eigenvalue weighted by atomic mass is 16.8. The molecule has 0 aliphatic carbocycles. The molecule has 3 aliphatic rings. The molecule has 172 valence electrons. The van der Waals surface area contributed by atoms with Gasteiger partial charge in [0.2, 0.25) is 0 Å². The lowest BCUT2D eigenvalue weighted by Gasteiger charge is -2.26. The summed E-state index contributed by atoms with van der Waals surface area (Å²) in [4.78, 5) is 39.3. The molecule has 2 fully saturated rings. The number of amides is 2. The van der Waals surface area contributed by atoms with Gasteiger partial charge in [-0.3, -0.25) is 24.0 Å². The predicted molar refractivity (Wildman–Crippen MR) is 118 cm³/mol. The third kappa shape index (κ3) is 3.27. The SMILES string of the molecule is C=Nc1c(C(N)=NC)ncn1C1OC(CN2C(=O)c3ccccc3C2=O)[C@H]2OC(C)(C)O[C@@H]12. The fraction of sp³-hybridized carbons (Fsp3) is 0.409. The van der Waals surface area contributed by atoms with E-state index >= 15 is 0 Å². The Balaban J connectivity index is 1.47. The van der Waals surface area contributed by atoms with E-state index in [2.05, 4.69) is 21.7 Å². The normalized spacial score (nSPS) is 28.3. The van der Waals surface area contributed by atoms with Crippen molar-refractivity contribution >= 4 is 30.2 Å². The zero-order chi connectivity index (χ0) is 23.5. The number of hydrogen-bond donors (Lipinski definition) is 1. The first-order valence-electron chi connectivity index (χ1n) is 10.5. The zero-order valence-corrected chi connectivity index (χ0v) is 18.5. The van der Waals surface area contributed by atoms with Crippen LogP contribution in [0.2, 0.25) is 0 Å². The highest BCUT2D eigenvalue weighted by molar-refractivity contribution is 6.21. The molecule has 0 saturated carbocycles. The molecule has 4 heterocycles. The molecule has 0 radical (unpaired) electrons. The van der Waals surface area contributed by atoms with Crippen molar-refractivity contribution in [2.24, 2.45) is 15.7 Å². The van der Waals surface area contributed by atoms with Crippen LogP contribution in [0.3, 0.4) is 0 Å². The van der Waals surface area contributed by atoms with Gasteiger partial charge >= 0.3 is 0 Å². The third-order valence-electron chi connectivity index (χ3n) is 6.04. The number of imide groups is 1. The number of fused-ring (bicyclic) bond motifs is 2. The van der Waals surface area contributed by atoms with Crippen LogP contribution in [0.15, 0.2) is 40.6 Å². The number of hydrogen-bond acceptors (Lipinski definition) is 8. The monoisotopic (exact) mass is 452 g/mol. The van der Waals surface area contributed by atoms with Crippen LogP contribution < -0.4 is 5.73 Å². The van der Waals surface area contributed by atoms with Crippen LogP contribution in [0.1, 0.15) is 46.5 Å². The quantitative estimate of drug-likeness (QED) is 0.410. The number of ether oxygens (including phenoxy) is 3. The van der Waals surface area contributed by atoms with Gasteiger partial charge in [-0.25, -0.2) is 9.98 Å². The summed E-state index contributed by atoms with van der Waals surface area (Å²) in [5.41, 5.74) is 7.08. The maximum absolute atomic E-state index is 12.9. The molecule has 0 bridgehead atoms. The number of aliphatic imine (C=N–C) groups is 2. The molecule has 33 heavy (non-hydrogen) atoms. The number of rotatable bonds is 5. The molecule has 2 N–H and O–H groups in total. The van der Waals surface area contributed by atoms with Crippen LogP contribution in [0.5, 0.6) is 0 Å². The molecular weight excluding hydrogens is 428 g/mol. The molecule has 4 atom stereocenters. The Morgan fingerprint density at radius 2 is 1.82 bits per heavy atom. The number of carbonyl (C=O) groups excluding carboxylic acids is 2. The van der Waals surface area contributed by atoms with E-state index in [1.54, 1.807) is 49.7 Å². The summed E-state index contributed by atoms with van der Waals surface area (Å²) in [6.45, 7) is 7.24. The zero-order valence-electron chi connectivity index (χ0n) is 18.5. The number of nitrogens with two attached hydrogens (primary N) is 1. The summed E-state index contributed by atoms with van der Waals surface area (Å²) >= 11 is 0. The molecule has 2 unspecified atom stereocenters. The van der Waals surface area contributed by atoms with Crippen molar-refractivity contribution in [2.75, 3.05) is 13.6 Å². The maximum Gasteiger partial charge on any atom is 0.261 e. The topological polar surface area (TPSA) is 134 Å². The number of nitrogens with zero attached hydrogens (tertiary/aromatic N) is 5. The summed E-state index contributed by atoms with van der Waals surface area (Å²) in [5.74, 6) is -1.02. The van der Waals surface area contributed by atoms with Crippen LogP contribution in [0.4, 0.5) is 5.82 Å². The fourth-order valence-corrected chi connectivity index (χ4v) is 4.60. The molecule has 0 spiro atoms. The van der Waals surface area contributed by atoms with E-state index < -0.39 is 30.3 Å². The Labute approximate surface area is 189 Å². The van der Waals surface area contributed by atoms with Crippen LogP contribution in [-0.2, 0) is 14.2 Å². The first kappa shape index (κ1) is 21.4. The highest BCUT2D eigenvalue weighted by Gasteiger charge is 2.57. The molecule has 5 rings (SSSR count). The molecule has 2 saturated heterocycles. The minimum Gasteiger partial charge on any atom is -0.382 e. The van der Waals surface area contributed by atoms with Crippen molar-refractivity contribution < 1.29 is 23.8 Å². The Morgan fingerprint density at radius 3 is 2.42 bits per heavy atom. The Hall–Kier alpha value is -3.41. The molecular formula is C22H24N6O5. The number of benzene rings is 1. The second-order valence-electron chi connectivity index (χ2n) is 8.49. The molecule has 3 aliphatic heterocycles. The lowest BCUT2D eigenvalue weighted by atomic mass is 10.1. The number of imidazole rings is 1. The van der Waals surface area contributed by atoms with Crippen molar-refractivity contribution in [1.82, 2.24) is 14.5 Å². The van der Waals surface area contributed by atoms with E-state index in [1.807, 2.05) is 0 Å². The lowest BCUT2D eigenvalue weighted by molar-refractivity contribution is -0.197. The van der Waals surface area contributed by atoms with Crippen molar-refractivity contribution in [3.8, 4) is 0 Å². The first-order valence-corrected chi connectivity index (χ1v) is 10.5. The number of aromatic nitrogens is 2. The van der Waals surface area contributed by atoms with Crippen molar-refractivity contribution in [3.05, 3.63) is 47.4 Å². The van der Waals surface area contributed by atoms with E-state index in [-0.39, 0.29) is 24.2 Å². The molecule has 2 aromatic rings. The van der Waals surface area contributed by atoms with E-state index in [9.17, 15) is 9.59 Å². The molecule has 2 amide bonds. The maximum atomic E-state index is 12.9. The van der Waals surface area contributed by atoms with Crippen LogP contribution in [-0.4, -0.2) is 76.5 Å². The molecule has 1 aromatic heterocycles. The number of carbonyl (C=O) groups is 2. The Kier molecular flexibility index (Phi) is 4.92. The van der Waals surface area contributed by atoms with Gasteiger partial charge in [0.05, 0.1) is 24.0 Å². The second-order valence-corrected chi connectivity index (χ2v) is 8.49. The van der Waals surface area contributed by atoms with Gasteiger partial charge in [0.1, 0.15) is 29.8 Å². The number of amidine groups is 1. The van der Waals surface area contributed by atoms with Gasteiger partial charge in [-0.2, -0.15) is 0 Å². The second kappa shape index (κ2) is 7.58. The minimum absolute atomic E-state index is 0.0143. The van der Waals surface area contributed by atoms with Gasteiger partial charge in [-0.1, -0.05) is 12.1 Å². The van der Waals surface area contributed by atoms with Crippen LogP contribution in [0, 0.1) is 0 Å². The van der Waals surface area contributed by atoms with E-state index in [0.717, 1.165) is 0 Å². The van der Waals surface area contributed by atoms with Gasteiger partial charge in [0.25, 0.3) is 11.8 Å². The summed E-state index contributed by atoms with van der Waals surface area (Å²) in [6.07, 6.45) is -0.872. The minimum atomic E-state index is -0.882. The molecule has 1 aromatic carbocycles. The van der Waals surface area contributed by atoms with E-state index in [1.165, 1.54) is 11.2 Å². The highest BCUT2D eigenvalue weighted by Crippen LogP contribution is 2.45. The van der Waals surface area contributed by atoms with Crippen molar-refractivity contribution in [3.63, 3.8) is 0 Å². The third-order valence-corrected chi connectivity index (χ3v) is 6.04. The summed E-state index contributed by atoms with van der Waals surface area (Å²) in [6, 6.07) is 6.75. The molecule has 11 heteroatoms. The largest absolute Gasteiger partial charge is 0.382 e. The smallest absolute Gasteiger partial charge is 0.261 e.